The fraction of sp³-hybridized carbons (Fsp3) is 0.333. The lowest BCUT2D eigenvalue weighted by Crippen LogP contribution is -3.11. The standard InChI is InChI=1S/C21H23FN4S/c1-24-20(13-16-5-3-2-4-6-16)23-26(21(24)27)15-25(19-11-12-19)14-17-7-9-18(22)10-8-17/h2-10,19H,11-15H2,1H3/p+1. The molecule has 1 aromatic heterocycles. The van der Waals surface area contributed by atoms with Gasteiger partial charge in [-0.25, -0.2) is 4.39 Å². The summed E-state index contributed by atoms with van der Waals surface area (Å²) < 4.78 is 17.9. The van der Waals surface area contributed by atoms with Crippen molar-refractivity contribution in [1.29, 1.82) is 0 Å². The van der Waals surface area contributed by atoms with Crippen LogP contribution in [0.5, 0.6) is 0 Å². The van der Waals surface area contributed by atoms with Gasteiger partial charge in [-0.3, -0.25) is 0 Å². The Morgan fingerprint density at radius 3 is 2.44 bits per heavy atom. The lowest BCUT2D eigenvalue weighted by atomic mass is 10.1. The van der Waals surface area contributed by atoms with E-state index in [9.17, 15) is 4.39 Å². The van der Waals surface area contributed by atoms with E-state index in [0.717, 1.165) is 35.8 Å². The van der Waals surface area contributed by atoms with E-state index in [0.29, 0.717) is 6.04 Å². The summed E-state index contributed by atoms with van der Waals surface area (Å²) in [6.45, 7) is 1.60. The zero-order valence-electron chi connectivity index (χ0n) is 15.4. The van der Waals surface area contributed by atoms with Gasteiger partial charge in [0.2, 0.25) is 4.77 Å². The molecule has 1 unspecified atom stereocenters. The van der Waals surface area contributed by atoms with Gasteiger partial charge in [0.1, 0.15) is 18.2 Å². The average molecular weight is 384 g/mol. The van der Waals surface area contributed by atoms with Gasteiger partial charge in [0.05, 0.1) is 6.04 Å². The van der Waals surface area contributed by atoms with Crippen LogP contribution >= 0.6 is 12.2 Å². The second-order valence-corrected chi connectivity index (χ2v) is 7.68. The molecule has 27 heavy (non-hydrogen) atoms. The van der Waals surface area contributed by atoms with Crippen molar-refractivity contribution in [2.45, 2.75) is 38.5 Å². The van der Waals surface area contributed by atoms with Gasteiger partial charge in [-0.2, -0.15) is 9.78 Å². The van der Waals surface area contributed by atoms with Crippen LogP contribution in [-0.4, -0.2) is 20.4 Å². The zero-order chi connectivity index (χ0) is 18.8. The molecule has 0 aliphatic heterocycles. The molecule has 4 nitrogen and oxygen atoms in total. The second-order valence-electron chi connectivity index (χ2n) is 7.31. The van der Waals surface area contributed by atoms with Gasteiger partial charge in [0, 0.05) is 31.9 Å². The fourth-order valence-corrected chi connectivity index (χ4v) is 3.66. The quantitative estimate of drug-likeness (QED) is 0.635. The van der Waals surface area contributed by atoms with Crippen molar-refractivity contribution in [2.24, 2.45) is 7.05 Å². The Labute approximate surface area is 163 Å². The van der Waals surface area contributed by atoms with Crippen LogP contribution in [0.25, 0.3) is 0 Å². The SMILES string of the molecule is Cn1c(Cc2ccccc2)nn(C[NH+](Cc2ccc(F)cc2)C2CC2)c1=S. The number of rotatable bonds is 7. The van der Waals surface area contributed by atoms with Crippen LogP contribution in [0, 0.1) is 10.6 Å². The van der Waals surface area contributed by atoms with Crippen molar-refractivity contribution in [3.8, 4) is 0 Å². The van der Waals surface area contributed by atoms with E-state index in [2.05, 4.69) is 12.1 Å². The molecule has 0 spiro atoms. The van der Waals surface area contributed by atoms with Crippen LogP contribution < -0.4 is 4.90 Å². The first-order valence-corrected chi connectivity index (χ1v) is 9.76. The van der Waals surface area contributed by atoms with Crippen LogP contribution in [0.2, 0.25) is 0 Å². The predicted molar refractivity (Wildman–Crippen MR) is 105 cm³/mol. The average Bonchev–Trinajstić information content (AvgIpc) is 3.49. The first kappa shape index (κ1) is 18.1. The number of hydrogen-bond donors (Lipinski definition) is 1. The molecule has 1 aliphatic rings. The highest BCUT2D eigenvalue weighted by molar-refractivity contribution is 7.71. The molecule has 0 radical (unpaired) electrons. The van der Waals surface area contributed by atoms with E-state index in [1.807, 2.05) is 46.6 Å². The molecule has 3 aromatic rings. The maximum absolute atomic E-state index is 13.2. The van der Waals surface area contributed by atoms with E-state index in [4.69, 9.17) is 17.3 Å². The number of halogens is 1. The van der Waals surface area contributed by atoms with Gasteiger partial charge in [0.15, 0.2) is 6.67 Å². The van der Waals surface area contributed by atoms with Gasteiger partial charge < -0.3 is 9.47 Å². The Kier molecular flexibility index (Phi) is 5.18. The van der Waals surface area contributed by atoms with Crippen LogP contribution in [0.15, 0.2) is 54.6 Å². The number of nitrogens with one attached hydrogen (secondary N) is 1. The molecule has 1 atom stereocenters. The highest BCUT2D eigenvalue weighted by atomic mass is 32.1. The fourth-order valence-electron chi connectivity index (χ4n) is 3.45. The number of quaternary nitrogens is 1. The van der Waals surface area contributed by atoms with Crippen molar-refractivity contribution in [3.05, 3.63) is 82.1 Å². The lowest BCUT2D eigenvalue weighted by molar-refractivity contribution is -0.947. The van der Waals surface area contributed by atoms with Crippen molar-refractivity contribution in [3.63, 3.8) is 0 Å². The van der Waals surface area contributed by atoms with Crippen LogP contribution in [0.4, 0.5) is 4.39 Å². The topological polar surface area (TPSA) is 27.2 Å². The summed E-state index contributed by atoms with van der Waals surface area (Å²) in [5.41, 5.74) is 2.37. The summed E-state index contributed by atoms with van der Waals surface area (Å²) in [5, 5.41) is 4.80. The van der Waals surface area contributed by atoms with Crippen molar-refractivity contribution < 1.29 is 9.29 Å². The Hall–Kier alpha value is -2.31. The number of nitrogens with zero attached hydrogens (tertiary/aromatic N) is 3. The highest BCUT2D eigenvalue weighted by Crippen LogP contribution is 2.16. The first-order chi connectivity index (χ1) is 13.1. The molecule has 1 N–H and O–H groups in total. The Morgan fingerprint density at radius 2 is 1.78 bits per heavy atom. The highest BCUT2D eigenvalue weighted by Gasteiger charge is 2.34. The summed E-state index contributed by atoms with van der Waals surface area (Å²) in [5.74, 6) is 0.785. The first-order valence-electron chi connectivity index (χ1n) is 9.36. The van der Waals surface area contributed by atoms with Crippen molar-refractivity contribution in [1.82, 2.24) is 14.3 Å². The molecule has 0 saturated heterocycles. The van der Waals surface area contributed by atoms with E-state index in [1.54, 1.807) is 0 Å². The van der Waals surface area contributed by atoms with E-state index >= 15 is 0 Å². The summed E-state index contributed by atoms with van der Waals surface area (Å²) in [7, 11) is 1.99. The Bertz CT molecular complexity index is 958. The van der Waals surface area contributed by atoms with E-state index < -0.39 is 0 Å². The number of benzene rings is 2. The van der Waals surface area contributed by atoms with Crippen LogP contribution in [0.3, 0.4) is 0 Å². The molecule has 0 bridgehead atoms. The maximum atomic E-state index is 13.2. The largest absolute Gasteiger partial charge is 0.310 e. The summed E-state index contributed by atoms with van der Waals surface area (Å²) in [4.78, 5) is 1.43. The third-order valence-corrected chi connectivity index (χ3v) is 5.67. The Balaban J connectivity index is 1.52. The number of aromatic nitrogens is 3. The molecule has 1 fully saturated rings. The van der Waals surface area contributed by atoms with E-state index in [-0.39, 0.29) is 5.82 Å². The third-order valence-electron chi connectivity index (χ3n) is 5.19. The molecule has 2 aromatic carbocycles. The smallest absolute Gasteiger partial charge is 0.202 e. The summed E-state index contributed by atoms with van der Waals surface area (Å²) in [6.07, 6.45) is 3.23. The molecule has 6 heteroatoms. The summed E-state index contributed by atoms with van der Waals surface area (Å²) >= 11 is 5.64. The molecule has 140 valence electrons. The minimum Gasteiger partial charge on any atom is -0.310 e. The van der Waals surface area contributed by atoms with Crippen LogP contribution in [0.1, 0.15) is 29.8 Å². The predicted octanol–water partition coefficient (Wildman–Crippen LogP) is 2.89. The second kappa shape index (κ2) is 7.74. The van der Waals surface area contributed by atoms with Gasteiger partial charge in [-0.1, -0.05) is 42.5 Å². The molecule has 1 aliphatic carbocycles. The van der Waals surface area contributed by atoms with E-state index in [1.165, 1.54) is 35.4 Å². The normalized spacial score (nSPS) is 15.0. The van der Waals surface area contributed by atoms with Crippen molar-refractivity contribution in [2.75, 3.05) is 0 Å². The minimum atomic E-state index is -0.191. The van der Waals surface area contributed by atoms with Crippen molar-refractivity contribution >= 4 is 12.2 Å². The van der Waals surface area contributed by atoms with Gasteiger partial charge >= 0.3 is 0 Å². The molecule has 0 amide bonds. The minimum absolute atomic E-state index is 0.191. The zero-order valence-corrected chi connectivity index (χ0v) is 16.3. The molecule has 4 rings (SSSR count). The number of hydrogen-bond acceptors (Lipinski definition) is 2. The van der Waals surface area contributed by atoms with Crippen LogP contribution in [-0.2, 0) is 26.7 Å². The summed E-state index contributed by atoms with van der Waals surface area (Å²) in [6, 6.07) is 17.8. The molecule has 1 heterocycles. The Morgan fingerprint density at radius 1 is 1.07 bits per heavy atom. The molecular weight excluding hydrogens is 359 g/mol. The van der Waals surface area contributed by atoms with Gasteiger partial charge in [-0.15, -0.1) is 0 Å². The third kappa shape index (κ3) is 4.34. The molecule has 1 saturated carbocycles. The van der Waals surface area contributed by atoms with Gasteiger partial charge in [-0.05, 0) is 29.9 Å². The lowest BCUT2D eigenvalue weighted by Gasteiger charge is -2.19. The molecular formula is C21H24FN4S+. The monoisotopic (exact) mass is 383 g/mol. The van der Waals surface area contributed by atoms with Gasteiger partial charge in [0.25, 0.3) is 0 Å². The maximum Gasteiger partial charge on any atom is 0.202 e.